The van der Waals surface area contributed by atoms with Gasteiger partial charge in [0.15, 0.2) is 0 Å². The van der Waals surface area contributed by atoms with Crippen molar-refractivity contribution in [3.63, 3.8) is 0 Å². The van der Waals surface area contributed by atoms with Crippen molar-refractivity contribution in [2.24, 2.45) is 0 Å². The molecule has 2 N–H and O–H groups in total. The molecule has 1 atom stereocenters. The highest BCUT2D eigenvalue weighted by Gasteiger charge is 2.26. The van der Waals surface area contributed by atoms with Crippen molar-refractivity contribution in [2.75, 3.05) is 45.3 Å². The molecule has 8 nitrogen and oxygen atoms in total. The molecule has 1 unspecified atom stereocenters. The van der Waals surface area contributed by atoms with Gasteiger partial charge in [-0.05, 0) is 29.8 Å². The van der Waals surface area contributed by atoms with Crippen LogP contribution in [0, 0.1) is 0 Å². The summed E-state index contributed by atoms with van der Waals surface area (Å²) in [5.41, 5.74) is 0.745. The molecule has 2 heterocycles. The molecule has 1 aliphatic rings. The summed E-state index contributed by atoms with van der Waals surface area (Å²) in [5, 5.41) is 13.3. The van der Waals surface area contributed by atoms with E-state index in [1.807, 2.05) is 0 Å². The second kappa shape index (κ2) is 8.66. The van der Waals surface area contributed by atoms with E-state index in [2.05, 4.69) is 10.3 Å². The lowest BCUT2D eigenvalue weighted by Crippen LogP contribution is -2.40. The zero-order chi connectivity index (χ0) is 19.3. The molecule has 0 aliphatic carbocycles. The van der Waals surface area contributed by atoms with Gasteiger partial charge in [0.25, 0.3) is 0 Å². The Balaban J connectivity index is 1.60. The molecule has 0 amide bonds. The Morgan fingerprint density at radius 3 is 2.52 bits per heavy atom. The van der Waals surface area contributed by atoms with Crippen LogP contribution in [0.5, 0.6) is 5.75 Å². The molecule has 146 valence electrons. The monoisotopic (exact) mass is 393 g/mol. The van der Waals surface area contributed by atoms with E-state index in [9.17, 15) is 13.5 Å². The average Bonchev–Trinajstić information content (AvgIpc) is 2.73. The zero-order valence-corrected chi connectivity index (χ0v) is 15.9. The molecule has 1 fully saturated rings. The lowest BCUT2D eigenvalue weighted by atomic mass is 10.1. The Morgan fingerprint density at radius 1 is 1.22 bits per heavy atom. The summed E-state index contributed by atoms with van der Waals surface area (Å²) in [5.74, 6) is 1.21. The SMILES string of the molecule is COc1ccc(C(O)CNc2ccc(S(=O)(=O)N3CCOCC3)cn2)cc1. The molecule has 9 heteroatoms. The highest BCUT2D eigenvalue weighted by molar-refractivity contribution is 7.89. The van der Waals surface area contributed by atoms with Gasteiger partial charge in [-0.3, -0.25) is 0 Å². The second-order valence-electron chi connectivity index (χ2n) is 6.07. The number of aliphatic hydroxyl groups is 1. The predicted octanol–water partition coefficient (Wildman–Crippen LogP) is 1.26. The van der Waals surface area contributed by atoms with Crippen molar-refractivity contribution in [3.05, 3.63) is 48.2 Å². The fraction of sp³-hybridized carbons (Fsp3) is 0.389. The minimum Gasteiger partial charge on any atom is -0.497 e. The molecule has 0 radical (unpaired) electrons. The third-order valence-corrected chi connectivity index (χ3v) is 6.20. The van der Waals surface area contributed by atoms with Gasteiger partial charge in [0, 0.05) is 25.8 Å². The Labute approximate surface area is 158 Å². The fourth-order valence-electron chi connectivity index (χ4n) is 2.72. The van der Waals surface area contributed by atoms with Gasteiger partial charge in [0.1, 0.15) is 16.5 Å². The van der Waals surface area contributed by atoms with E-state index in [0.717, 1.165) is 11.3 Å². The van der Waals surface area contributed by atoms with Gasteiger partial charge < -0.3 is 19.9 Å². The number of hydrogen-bond donors (Lipinski definition) is 2. The Morgan fingerprint density at radius 2 is 1.93 bits per heavy atom. The molecule has 1 aromatic carbocycles. The summed E-state index contributed by atoms with van der Waals surface area (Å²) >= 11 is 0. The van der Waals surface area contributed by atoms with Crippen molar-refractivity contribution in [1.29, 1.82) is 0 Å². The van der Waals surface area contributed by atoms with Crippen LogP contribution in [0.2, 0.25) is 0 Å². The highest BCUT2D eigenvalue weighted by Crippen LogP contribution is 2.20. The maximum absolute atomic E-state index is 12.6. The summed E-state index contributed by atoms with van der Waals surface area (Å²) in [6.07, 6.45) is 0.599. The zero-order valence-electron chi connectivity index (χ0n) is 15.0. The molecule has 1 aliphatic heterocycles. The van der Waals surface area contributed by atoms with E-state index < -0.39 is 16.1 Å². The lowest BCUT2D eigenvalue weighted by Gasteiger charge is -2.25. The van der Waals surface area contributed by atoms with Crippen LogP contribution in [0.4, 0.5) is 5.82 Å². The van der Waals surface area contributed by atoms with Crippen LogP contribution in [0.15, 0.2) is 47.5 Å². The Hall–Kier alpha value is -2.20. The number of nitrogens with one attached hydrogen (secondary N) is 1. The molecule has 0 bridgehead atoms. The van der Waals surface area contributed by atoms with Gasteiger partial charge in [-0.1, -0.05) is 12.1 Å². The van der Waals surface area contributed by atoms with E-state index in [0.29, 0.717) is 32.1 Å². The number of ether oxygens (including phenoxy) is 2. The van der Waals surface area contributed by atoms with E-state index in [1.165, 1.54) is 16.6 Å². The number of benzene rings is 1. The third kappa shape index (κ3) is 4.75. The largest absolute Gasteiger partial charge is 0.497 e. The fourth-order valence-corrected chi connectivity index (χ4v) is 4.07. The van der Waals surface area contributed by atoms with Gasteiger partial charge in [-0.15, -0.1) is 0 Å². The summed E-state index contributed by atoms with van der Waals surface area (Å²) in [6, 6.07) is 10.2. The van der Waals surface area contributed by atoms with Crippen LogP contribution in [0.25, 0.3) is 0 Å². The number of sulfonamides is 1. The van der Waals surface area contributed by atoms with Crippen molar-refractivity contribution >= 4 is 15.8 Å². The number of nitrogens with zero attached hydrogens (tertiary/aromatic N) is 2. The van der Waals surface area contributed by atoms with Gasteiger partial charge in [-0.25, -0.2) is 13.4 Å². The average molecular weight is 393 g/mol. The van der Waals surface area contributed by atoms with Gasteiger partial charge in [0.05, 0.1) is 26.4 Å². The summed E-state index contributed by atoms with van der Waals surface area (Å²) in [7, 11) is -1.97. The summed E-state index contributed by atoms with van der Waals surface area (Å²) < 4.78 is 36.8. The number of anilines is 1. The smallest absolute Gasteiger partial charge is 0.244 e. The molecule has 1 aromatic heterocycles. The van der Waals surface area contributed by atoms with Crippen LogP contribution in [-0.2, 0) is 14.8 Å². The number of rotatable bonds is 7. The highest BCUT2D eigenvalue weighted by atomic mass is 32.2. The number of hydrogen-bond acceptors (Lipinski definition) is 7. The standard InChI is InChI=1S/C18H23N3O5S/c1-25-15-4-2-14(3-5-15)17(22)13-20-18-7-6-16(12-19-18)27(23,24)21-8-10-26-11-9-21/h2-7,12,17,22H,8-11,13H2,1H3,(H,19,20). The summed E-state index contributed by atoms with van der Waals surface area (Å²) in [6.45, 7) is 1.73. The first-order chi connectivity index (χ1) is 13.0. The molecule has 2 aromatic rings. The molecular weight excluding hydrogens is 370 g/mol. The molecule has 27 heavy (non-hydrogen) atoms. The van der Waals surface area contributed by atoms with E-state index in [4.69, 9.17) is 9.47 Å². The van der Waals surface area contributed by atoms with Crippen molar-refractivity contribution < 1.29 is 23.0 Å². The Bertz CT molecular complexity index is 834. The number of methoxy groups -OCH3 is 1. The first-order valence-corrected chi connectivity index (χ1v) is 10.0. The van der Waals surface area contributed by atoms with E-state index >= 15 is 0 Å². The number of aromatic nitrogens is 1. The van der Waals surface area contributed by atoms with E-state index in [1.54, 1.807) is 37.4 Å². The maximum Gasteiger partial charge on any atom is 0.244 e. The minimum atomic E-state index is -3.56. The summed E-state index contributed by atoms with van der Waals surface area (Å²) in [4.78, 5) is 4.30. The molecule has 1 saturated heterocycles. The lowest BCUT2D eigenvalue weighted by molar-refractivity contribution is 0.0730. The number of pyridine rings is 1. The number of morpholine rings is 1. The molecule has 0 spiro atoms. The Kier molecular flexibility index (Phi) is 6.27. The first kappa shape index (κ1) is 19.6. The van der Waals surface area contributed by atoms with Crippen LogP contribution < -0.4 is 10.1 Å². The number of aliphatic hydroxyl groups excluding tert-OH is 1. The van der Waals surface area contributed by atoms with Crippen molar-refractivity contribution in [1.82, 2.24) is 9.29 Å². The second-order valence-corrected chi connectivity index (χ2v) is 8.00. The molecule has 3 rings (SSSR count). The van der Waals surface area contributed by atoms with Crippen LogP contribution >= 0.6 is 0 Å². The van der Waals surface area contributed by atoms with Gasteiger partial charge in [-0.2, -0.15) is 4.31 Å². The molecule has 0 saturated carbocycles. The van der Waals surface area contributed by atoms with Crippen LogP contribution in [0.3, 0.4) is 0 Å². The van der Waals surface area contributed by atoms with Crippen molar-refractivity contribution in [2.45, 2.75) is 11.0 Å². The van der Waals surface area contributed by atoms with Crippen LogP contribution in [-0.4, -0.2) is 62.8 Å². The topological polar surface area (TPSA) is 101 Å². The van der Waals surface area contributed by atoms with Gasteiger partial charge >= 0.3 is 0 Å². The van der Waals surface area contributed by atoms with Crippen LogP contribution in [0.1, 0.15) is 11.7 Å². The third-order valence-electron chi connectivity index (χ3n) is 4.32. The van der Waals surface area contributed by atoms with E-state index in [-0.39, 0.29) is 11.4 Å². The first-order valence-electron chi connectivity index (χ1n) is 8.60. The quantitative estimate of drug-likeness (QED) is 0.730. The maximum atomic E-state index is 12.6. The molecular formula is C18H23N3O5S. The predicted molar refractivity (Wildman–Crippen MR) is 100 cm³/mol. The minimum absolute atomic E-state index is 0.144. The van der Waals surface area contributed by atoms with Crippen molar-refractivity contribution in [3.8, 4) is 5.75 Å². The normalized spacial score (nSPS) is 16.7. The van der Waals surface area contributed by atoms with Gasteiger partial charge in [0.2, 0.25) is 10.0 Å².